The summed E-state index contributed by atoms with van der Waals surface area (Å²) in [6.45, 7) is -0.00425. The second-order valence-corrected chi connectivity index (χ2v) is 7.88. The molecule has 3 aromatic rings. The van der Waals surface area contributed by atoms with Crippen molar-refractivity contribution < 1.29 is 18.1 Å². The molecule has 10 heteroatoms. The van der Waals surface area contributed by atoms with Gasteiger partial charge in [0, 0.05) is 12.1 Å². The predicted octanol–water partition coefficient (Wildman–Crippen LogP) is 3.03. The first-order valence-electron chi connectivity index (χ1n) is 7.16. The van der Waals surface area contributed by atoms with Crippen molar-refractivity contribution in [3.05, 3.63) is 58.6 Å². The number of rotatable bonds is 7. The van der Waals surface area contributed by atoms with Gasteiger partial charge in [-0.15, -0.1) is 0 Å². The van der Waals surface area contributed by atoms with Crippen LogP contribution in [0.15, 0.2) is 48.5 Å². The van der Waals surface area contributed by atoms with Crippen LogP contribution >= 0.6 is 11.3 Å². The van der Waals surface area contributed by atoms with Gasteiger partial charge >= 0.3 is 0 Å². The molecule has 3 rings (SSSR count). The molecule has 0 fully saturated rings. The lowest BCUT2D eigenvalue weighted by Gasteiger charge is -2.07. The SMILES string of the molecule is O=[N+]([O-])c1ccc2nc(NS(=O)(=O)CCOc3ccccc3)sc2c1. The highest BCUT2D eigenvalue weighted by atomic mass is 32.2. The van der Waals surface area contributed by atoms with E-state index >= 15 is 0 Å². The molecule has 0 atom stereocenters. The minimum Gasteiger partial charge on any atom is -0.492 e. The van der Waals surface area contributed by atoms with Crippen LogP contribution in [0.1, 0.15) is 0 Å². The number of nitrogens with one attached hydrogen (secondary N) is 1. The zero-order valence-corrected chi connectivity index (χ0v) is 14.4. The molecule has 130 valence electrons. The molecule has 8 nitrogen and oxygen atoms in total. The van der Waals surface area contributed by atoms with Gasteiger partial charge in [-0.05, 0) is 18.2 Å². The molecule has 0 aliphatic heterocycles. The molecule has 25 heavy (non-hydrogen) atoms. The largest absolute Gasteiger partial charge is 0.492 e. The van der Waals surface area contributed by atoms with Crippen molar-refractivity contribution in [1.29, 1.82) is 0 Å². The molecule has 0 aliphatic carbocycles. The minimum absolute atomic E-state index is 0.00425. The monoisotopic (exact) mass is 379 g/mol. The first-order valence-corrected chi connectivity index (χ1v) is 9.63. The van der Waals surface area contributed by atoms with Crippen molar-refractivity contribution in [1.82, 2.24) is 4.98 Å². The van der Waals surface area contributed by atoms with Gasteiger partial charge in [-0.2, -0.15) is 0 Å². The lowest BCUT2D eigenvalue weighted by atomic mass is 10.3. The van der Waals surface area contributed by atoms with E-state index in [0.29, 0.717) is 16.0 Å². The average Bonchev–Trinajstić information content (AvgIpc) is 2.95. The van der Waals surface area contributed by atoms with E-state index in [1.807, 2.05) is 6.07 Å². The number of hydrogen-bond donors (Lipinski definition) is 1. The number of nitro benzene ring substituents is 1. The van der Waals surface area contributed by atoms with Crippen molar-refractivity contribution in [2.75, 3.05) is 17.1 Å². The van der Waals surface area contributed by atoms with E-state index < -0.39 is 14.9 Å². The van der Waals surface area contributed by atoms with Gasteiger partial charge in [0.2, 0.25) is 10.0 Å². The van der Waals surface area contributed by atoms with Crippen molar-refractivity contribution in [2.45, 2.75) is 0 Å². The molecule has 0 amide bonds. The van der Waals surface area contributed by atoms with Gasteiger partial charge in [-0.3, -0.25) is 14.8 Å². The molecule has 0 radical (unpaired) electrons. The van der Waals surface area contributed by atoms with Gasteiger partial charge in [0.15, 0.2) is 5.13 Å². The molecule has 0 spiro atoms. The zero-order valence-electron chi connectivity index (χ0n) is 12.8. The lowest BCUT2D eigenvalue weighted by Crippen LogP contribution is -2.21. The van der Waals surface area contributed by atoms with Crippen LogP contribution in [0.5, 0.6) is 5.75 Å². The van der Waals surface area contributed by atoms with E-state index in [9.17, 15) is 18.5 Å². The fourth-order valence-corrected chi connectivity index (χ4v) is 4.05. The van der Waals surface area contributed by atoms with Crippen molar-refractivity contribution >= 4 is 42.4 Å². The summed E-state index contributed by atoms with van der Waals surface area (Å²) in [5, 5.41) is 10.9. The van der Waals surface area contributed by atoms with E-state index in [4.69, 9.17) is 4.74 Å². The summed E-state index contributed by atoms with van der Waals surface area (Å²) >= 11 is 1.04. The number of non-ortho nitro benzene ring substituents is 1. The molecule has 0 saturated heterocycles. The van der Waals surface area contributed by atoms with E-state index in [1.165, 1.54) is 18.2 Å². The first kappa shape index (κ1) is 17.1. The normalized spacial score (nSPS) is 11.4. The third-order valence-electron chi connectivity index (χ3n) is 3.19. The Labute approximate surface area is 147 Å². The van der Waals surface area contributed by atoms with Gasteiger partial charge in [0.25, 0.3) is 5.69 Å². The average molecular weight is 379 g/mol. The summed E-state index contributed by atoms with van der Waals surface area (Å²) in [5.41, 5.74) is 0.427. The Morgan fingerprint density at radius 3 is 2.68 bits per heavy atom. The number of anilines is 1. The fourth-order valence-electron chi connectivity index (χ4n) is 2.04. The molecule has 2 aromatic carbocycles. The molecule has 0 bridgehead atoms. The number of thiazole rings is 1. The van der Waals surface area contributed by atoms with Crippen LogP contribution in [0.25, 0.3) is 10.2 Å². The van der Waals surface area contributed by atoms with Crippen LogP contribution in [0.4, 0.5) is 10.8 Å². The number of aromatic nitrogens is 1. The highest BCUT2D eigenvalue weighted by molar-refractivity contribution is 7.92. The summed E-state index contributed by atoms with van der Waals surface area (Å²) in [4.78, 5) is 14.4. The van der Waals surface area contributed by atoms with Crippen LogP contribution in [0, 0.1) is 10.1 Å². The standard InChI is InChI=1S/C15H13N3O5S2/c19-18(20)11-6-7-13-14(10-11)24-15(16-13)17-25(21,22)9-8-23-12-4-2-1-3-5-12/h1-7,10H,8-9H2,(H,16,17). The second-order valence-electron chi connectivity index (χ2n) is 5.01. The quantitative estimate of drug-likeness (QED) is 0.499. The van der Waals surface area contributed by atoms with Crippen molar-refractivity contribution in [3.8, 4) is 5.75 Å². The Kier molecular flexibility index (Phi) is 4.81. The summed E-state index contributed by atoms with van der Waals surface area (Å²) < 4.78 is 32.5. The number of fused-ring (bicyclic) bond motifs is 1. The predicted molar refractivity (Wildman–Crippen MR) is 95.6 cm³/mol. The third kappa shape index (κ3) is 4.43. The number of para-hydroxylation sites is 1. The van der Waals surface area contributed by atoms with Crippen LogP contribution in [-0.4, -0.2) is 30.7 Å². The maximum Gasteiger partial charge on any atom is 0.270 e. The van der Waals surface area contributed by atoms with Crippen LogP contribution in [-0.2, 0) is 10.0 Å². The maximum absolute atomic E-state index is 12.1. The number of ether oxygens (including phenoxy) is 1. The second kappa shape index (κ2) is 7.03. The van der Waals surface area contributed by atoms with Gasteiger partial charge < -0.3 is 4.74 Å². The third-order valence-corrected chi connectivity index (χ3v) is 5.46. The van der Waals surface area contributed by atoms with E-state index in [-0.39, 0.29) is 23.2 Å². The number of benzene rings is 2. The number of nitrogens with zero attached hydrogens (tertiary/aromatic N) is 2. The highest BCUT2D eigenvalue weighted by Gasteiger charge is 2.15. The molecule has 1 aromatic heterocycles. The number of hydrogen-bond acceptors (Lipinski definition) is 7. The molecule has 0 unspecified atom stereocenters. The summed E-state index contributed by atoms with van der Waals surface area (Å²) in [5.74, 6) is 0.350. The first-order chi connectivity index (χ1) is 11.9. The van der Waals surface area contributed by atoms with E-state index in [2.05, 4.69) is 9.71 Å². The Balaban J connectivity index is 1.66. The Morgan fingerprint density at radius 1 is 1.20 bits per heavy atom. The molecular weight excluding hydrogens is 366 g/mol. The zero-order chi connectivity index (χ0) is 17.9. The number of nitro groups is 1. The smallest absolute Gasteiger partial charge is 0.270 e. The summed E-state index contributed by atoms with van der Waals surface area (Å²) in [6.07, 6.45) is 0. The van der Waals surface area contributed by atoms with Crippen molar-refractivity contribution in [2.24, 2.45) is 0 Å². The summed E-state index contributed by atoms with van der Waals surface area (Å²) in [6, 6.07) is 13.1. The Morgan fingerprint density at radius 2 is 1.96 bits per heavy atom. The molecule has 1 heterocycles. The van der Waals surface area contributed by atoms with Crippen LogP contribution in [0.2, 0.25) is 0 Å². The highest BCUT2D eigenvalue weighted by Crippen LogP contribution is 2.29. The van der Waals surface area contributed by atoms with Crippen LogP contribution < -0.4 is 9.46 Å². The molecule has 1 N–H and O–H groups in total. The maximum atomic E-state index is 12.1. The molecular formula is C15H13N3O5S2. The summed E-state index contributed by atoms with van der Waals surface area (Å²) in [7, 11) is -3.64. The molecule has 0 saturated carbocycles. The minimum atomic E-state index is -3.64. The lowest BCUT2D eigenvalue weighted by molar-refractivity contribution is -0.384. The van der Waals surface area contributed by atoms with E-state index in [1.54, 1.807) is 24.3 Å². The van der Waals surface area contributed by atoms with Crippen LogP contribution in [0.3, 0.4) is 0 Å². The Bertz CT molecular complexity index is 1000. The van der Waals surface area contributed by atoms with Gasteiger partial charge in [0.05, 0.1) is 15.1 Å². The number of sulfonamides is 1. The molecule has 0 aliphatic rings. The Hall–Kier alpha value is -2.72. The van der Waals surface area contributed by atoms with E-state index in [0.717, 1.165) is 11.3 Å². The topological polar surface area (TPSA) is 111 Å². The van der Waals surface area contributed by atoms with Crippen molar-refractivity contribution in [3.63, 3.8) is 0 Å². The van der Waals surface area contributed by atoms with Gasteiger partial charge in [0.1, 0.15) is 18.1 Å². The van der Waals surface area contributed by atoms with Gasteiger partial charge in [-0.1, -0.05) is 29.5 Å². The fraction of sp³-hybridized carbons (Fsp3) is 0.133. The van der Waals surface area contributed by atoms with Gasteiger partial charge in [-0.25, -0.2) is 13.4 Å².